The van der Waals surface area contributed by atoms with Crippen molar-refractivity contribution in [3.05, 3.63) is 65.2 Å². The van der Waals surface area contributed by atoms with Crippen LogP contribution in [0.25, 0.3) is 0 Å². The van der Waals surface area contributed by atoms with Crippen LogP contribution in [0.4, 0.5) is 0 Å². The van der Waals surface area contributed by atoms with Gasteiger partial charge in [-0.25, -0.2) is 0 Å². The predicted octanol–water partition coefficient (Wildman–Crippen LogP) is 1.24. The van der Waals surface area contributed by atoms with Crippen LogP contribution in [0.1, 0.15) is 21.5 Å². The molecule has 1 unspecified atom stereocenters. The van der Waals surface area contributed by atoms with Crippen molar-refractivity contribution in [3.8, 4) is 5.75 Å². The number of aliphatic hydroxyl groups excluding tert-OH is 1. The highest BCUT2D eigenvalue weighted by molar-refractivity contribution is 5.92. The minimum Gasteiger partial charge on any atom is -0.491 e. The molecule has 0 bridgehead atoms. The zero-order valence-electron chi connectivity index (χ0n) is 12.8. The highest BCUT2D eigenvalue weighted by Gasteiger charge is 2.34. The van der Waals surface area contributed by atoms with Gasteiger partial charge in [0.15, 0.2) is 0 Å². The fraction of sp³-hybridized carbons (Fsp3) is 0.278. The zero-order chi connectivity index (χ0) is 16.3. The average Bonchev–Trinajstić information content (AvgIpc) is 2.60. The number of benzene rings is 2. The molecule has 1 heterocycles. The molecule has 23 heavy (non-hydrogen) atoms. The van der Waals surface area contributed by atoms with Crippen molar-refractivity contribution in [3.63, 3.8) is 0 Å². The first-order chi connectivity index (χ1) is 11.1. The number of carbonyl (C=O) groups excluding carboxylic acids is 1. The van der Waals surface area contributed by atoms with Gasteiger partial charge >= 0.3 is 0 Å². The van der Waals surface area contributed by atoms with Crippen LogP contribution in [0.15, 0.2) is 48.5 Å². The molecule has 0 aliphatic carbocycles. The third kappa shape index (κ3) is 3.36. The number of primary amides is 1. The summed E-state index contributed by atoms with van der Waals surface area (Å²) in [6.07, 6.45) is 0.690. The summed E-state index contributed by atoms with van der Waals surface area (Å²) in [4.78, 5) is 11.3. The van der Waals surface area contributed by atoms with E-state index in [4.69, 9.17) is 10.5 Å². The van der Waals surface area contributed by atoms with Crippen molar-refractivity contribution in [2.75, 3.05) is 13.2 Å². The maximum absolute atomic E-state index is 11.3. The summed E-state index contributed by atoms with van der Waals surface area (Å²) in [6.45, 7) is 0.889. The van der Waals surface area contributed by atoms with Gasteiger partial charge in [-0.1, -0.05) is 30.3 Å². The van der Waals surface area contributed by atoms with Crippen LogP contribution in [0.2, 0.25) is 0 Å². The van der Waals surface area contributed by atoms with E-state index in [9.17, 15) is 9.90 Å². The largest absolute Gasteiger partial charge is 0.491 e. The van der Waals surface area contributed by atoms with E-state index in [0.717, 1.165) is 16.9 Å². The molecule has 0 saturated carbocycles. The van der Waals surface area contributed by atoms with Gasteiger partial charge in [0.05, 0.1) is 12.1 Å². The summed E-state index contributed by atoms with van der Waals surface area (Å²) in [5, 5.41) is 13.3. The Kier molecular flexibility index (Phi) is 4.32. The molecule has 0 radical (unpaired) electrons. The second-order valence-corrected chi connectivity index (χ2v) is 5.93. The lowest BCUT2D eigenvalue weighted by molar-refractivity contribution is 0.0861. The van der Waals surface area contributed by atoms with E-state index < -0.39 is 11.4 Å². The van der Waals surface area contributed by atoms with Crippen LogP contribution in [0.5, 0.6) is 5.75 Å². The van der Waals surface area contributed by atoms with E-state index in [-0.39, 0.29) is 6.61 Å². The topological polar surface area (TPSA) is 84.6 Å². The first-order valence-corrected chi connectivity index (χ1v) is 7.57. The van der Waals surface area contributed by atoms with E-state index in [1.165, 1.54) is 0 Å². The van der Waals surface area contributed by atoms with E-state index >= 15 is 0 Å². The molecule has 1 aliphatic rings. The Morgan fingerprint density at radius 2 is 2.09 bits per heavy atom. The maximum Gasteiger partial charge on any atom is 0.248 e. The number of amides is 1. The fourth-order valence-corrected chi connectivity index (χ4v) is 2.82. The second kappa shape index (κ2) is 6.40. The minimum atomic E-state index is -0.531. The number of ether oxygens (including phenoxy) is 1. The maximum atomic E-state index is 11.3. The van der Waals surface area contributed by atoms with Crippen molar-refractivity contribution >= 4 is 5.91 Å². The number of nitrogens with one attached hydrogen (secondary N) is 1. The van der Waals surface area contributed by atoms with Gasteiger partial charge < -0.3 is 20.9 Å². The summed E-state index contributed by atoms with van der Waals surface area (Å²) in [5.74, 6) is 0.424. The van der Waals surface area contributed by atoms with Crippen molar-refractivity contribution in [2.24, 2.45) is 5.73 Å². The normalized spacial score (nSPS) is 19.7. The monoisotopic (exact) mass is 312 g/mol. The van der Waals surface area contributed by atoms with Gasteiger partial charge in [0.25, 0.3) is 0 Å². The van der Waals surface area contributed by atoms with E-state index in [1.807, 2.05) is 30.3 Å². The summed E-state index contributed by atoms with van der Waals surface area (Å²) in [6, 6.07) is 15.0. The van der Waals surface area contributed by atoms with Gasteiger partial charge in [-0.2, -0.15) is 0 Å². The molecule has 0 fully saturated rings. The van der Waals surface area contributed by atoms with Crippen LogP contribution >= 0.6 is 0 Å². The Labute approximate surface area is 135 Å². The highest BCUT2D eigenvalue weighted by atomic mass is 16.5. The van der Waals surface area contributed by atoms with Crippen molar-refractivity contribution < 1.29 is 14.6 Å². The predicted molar refractivity (Wildman–Crippen MR) is 87.3 cm³/mol. The number of aliphatic hydroxyl groups is 1. The van der Waals surface area contributed by atoms with Gasteiger partial charge in [-0.15, -0.1) is 0 Å². The Hall–Kier alpha value is -2.37. The first kappa shape index (κ1) is 15.5. The fourth-order valence-electron chi connectivity index (χ4n) is 2.82. The molecule has 2 aromatic carbocycles. The lowest BCUT2D eigenvalue weighted by Crippen LogP contribution is -2.56. The molecule has 3 rings (SSSR count). The van der Waals surface area contributed by atoms with Crippen molar-refractivity contribution in [1.29, 1.82) is 0 Å². The third-order valence-electron chi connectivity index (χ3n) is 4.19. The Morgan fingerprint density at radius 1 is 1.26 bits per heavy atom. The van der Waals surface area contributed by atoms with E-state index in [0.29, 0.717) is 25.1 Å². The van der Waals surface area contributed by atoms with Gasteiger partial charge in [0.1, 0.15) is 12.4 Å². The van der Waals surface area contributed by atoms with Crippen LogP contribution in [0.3, 0.4) is 0 Å². The number of fused-ring (bicyclic) bond motifs is 1. The van der Waals surface area contributed by atoms with Crippen LogP contribution in [-0.4, -0.2) is 29.8 Å². The van der Waals surface area contributed by atoms with Crippen LogP contribution < -0.4 is 15.8 Å². The molecular weight excluding hydrogens is 292 g/mol. The molecule has 0 saturated heterocycles. The average molecular weight is 312 g/mol. The van der Waals surface area contributed by atoms with Gasteiger partial charge in [0.2, 0.25) is 5.91 Å². The summed E-state index contributed by atoms with van der Waals surface area (Å²) >= 11 is 0. The van der Waals surface area contributed by atoms with Crippen molar-refractivity contribution in [2.45, 2.75) is 18.5 Å². The zero-order valence-corrected chi connectivity index (χ0v) is 12.8. The van der Waals surface area contributed by atoms with Crippen molar-refractivity contribution in [1.82, 2.24) is 5.32 Å². The summed E-state index contributed by atoms with van der Waals surface area (Å²) in [5.41, 5.74) is 7.27. The molecule has 120 valence electrons. The standard InChI is InChI=1S/C18H20N2O3/c19-17(22)14-6-3-4-13(8-14)10-20-18(11-21)9-15-5-1-2-7-16(15)23-12-18/h1-8,20-21H,9-12H2,(H2,19,22). The van der Waals surface area contributed by atoms with Crippen LogP contribution in [-0.2, 0) is 13.0 Å². The molecule has 1 amide bonds. The molecular formula is C18H20N2O3. The molecule has 1 aliphatic heterocycles. The van der Waals surface area contributed by atoms with E-state index in [2.05, 4.69) is 5.32 Å². The van der Waals surface area contributed by atoms with E-state index in [1.54, 1.807) is 18.2 Å². The molecule has 5 nitrogen and oxygen atoms in total. The first-order valence-electron chi connectivity index (χ1n) is 7.57. The van der Waals surface area contributed by atoms with Crippen LogP contribution in [0, 0.1) is 0 Å². The number of hydrogen-bond acceptors (Lipinski definition) is 4. The SMILES string of the molecule is NC(=O)c1cccc(CNC2(CO)COc3ccccc3C2)c1. The number of para-hydroxylation sites is 1. The Morgan fingerprint density at radius 3 is 2.87 bits per heavy atom. The number of nitrogens with two attached hydrogens (primary N) is 1. The lowest BCUT2D eigenvalue weighted by atomic mass is 9.89. The summed E-state index contributed by atoms with van der Waals surface area (Å²) < 4.78 is 5.78. The molecule has 2 aromatic rings. The lowest BCUT2D eigenvalue weighted by Gasteiger charge is -2.37. The molecule has 0 spiro atoms. The Bertz CT molecular complexity index is 717. The molecule has 5 heteroatoms. The quantitative estimate of drug-likeness (QED) is 0.775. The van der Waals surface area contributed by atoms with Gasteiger partial charge in [-0.3, -0.25) is 4.79 Å². The number of rotatable bonds is 5. The van der Waals surface area contributed by atoms with Gasteiger partial charge in [0, 0.05) is 12.1 Å². The Balaban J connectivity index is 1.73. The molecule has 0 aromatic heterocycles. The minimum absolute atomic E-state index is 0.0309. The number of carbonyl (C=O) groups is 1. The van der Waals surface area contributed by atoms with Gasteiger partial charge in [-0.05, 0) is 35.7 Å². The molecule has 1 atom stereocenters. The summed E-state index contributed by atoms with van der Waals surface area (Å²) in [7, 11) is 0. The number of hydrogen-bond donors (Lipinski definition) is 3. The highest BCUT2D eigenvalue weighted by Crippen LogP contribution is 2.29. The molecule has 4 N–H and O–H groups in total. The second-order valence-electron chi connectivity index (χ2n) is 5.93. The third-order valence-corrected chi connectivity index (χ3v) is 4.19. The smallest absolute Gasteiger partial charge is 0.248 e.